The maximum Gasteiger partial charge on any atom is 0.241 e. The molecule has 1 aliphatic heterocycles. The second-order valence-electron chi connectivity index (χ2n) is 11.5. The summed E-state index contributed by atoms with van der Waals surface area (Å²) in [4.78, 5) is 29.1. The van der Waals surface area contributed by atoms with Crippen molar-refractivity contribution in [1.29, 1.82) is 0 Å². The van der Waals surface area contributed by atoms with Crippen LogP contribution in [-0.2, 0) is 9.59 Å². The minimum absolute atomic E-state index is 0.0303. The Balaban J connectivity index is 2.04. The minimum atomic E-state index is -0.895. The van der Waals surface area contributed by atoms with Gasteiger partial charge < -0.3 is 21.1 Å². The van der Waals surface area contributed by atoms with Crippen LogP contribution in [0.15, 0.2) is 18.2 Å². The number of amides is 2. The second-order valence-corrected chi connectivity index (χ2v) is 11.9. The van der Waals surface area contributed by atoms with Crippen molar-refractivity contribution in [2.45, 2.75) is 78.5 Å². The molecule has 0 radical (unpaired) electrons. The Hall–Kier alpha value is -1.74. The number of hydrogen-bond acceptors (Lipinski definition) is 5. The van der Waals surface area contributed by atoms with Crippen LogP contribution in [0.1, 0.15) is 60.8 Å². The van der Waals surface area contributed by atoms with E-state index < -0.39 is 23.5 Å². The first-order valence-corrected chi connectivity index (χ1v) is 12.7. The lowest BCUT2D eigenvalue weighted by molar-refractivity contribution is -0.126. The third-order valence-electron chi connectivity index (χ3n) is 6.48. The molecular formula is C26H42ClFN4O3. The van der Waals surface area contributed by atoms with Gasteiger partial charge in [0, 0.05) is 37.1 Å². The number of halogens is 2. The number of carbonyl (C=O) groups is 2. The predicted octanol–water partition coefficient (Wildman–Crippen LogP) is 3.56. The Bertz CT molecular complexity index is 890. The molecule has 3 atom stereocenters. The molecule has 2 amide bonds. The molecule has 1 aliphatic rings. The number of carbonyl (C=O) groups excluding carboxylic acids is 2. The number of aliphatic hydroxyl groups is 1. The summed E-state index contributed by atoms with van der Waals surface area (Å²) in [5.74, 6) is -1.08. The van der Waals surface area contributed by atoms with Crippen molar-refractivity contribution in [3.8, 4) is 0 Å². The standard InChI is InChI=1S/C26H42ClFN4O3/c1-7-8-17(24(35)30-15-25(2,3)4)11-22(33)20(29)13-31-14-23(34)32(16-26(31,5)6)21-12-18(28)9-10-19(21)27/h9-10,12,17,20,22,33H,7-8,11,13-16,29H2,1-6H3,(H,30,35)/t17-,20+,22+/m1/s1. The predicted molar refractivity (Wildman–Crippen MR) is 139 cm³/mol. The Kier molecular flexibility index (Phi) is 10.1. The van der Waals surface area contributed by atoms with Crippen LogP contribution in [0.4, 0.5) is 10.1 Å². The lowest BCUT2D eigenvalue weighted by atomic mass is 9.90. The van der Waals surface area contributed by atoms with Gasteiger partial charge in [-0.05, 0) is 50.3 Å². The van der Waals surface area contributed by atoms with Gasteiger partial charge in [-0.15, -0.1) is 0 Å². The quantitative estimate of drug-likeness (QED) is 0.445. The summed E-state index contributed by atoms with van der Waals surface area (Å²) in [6.45, 7) is 13.3. The highest BCUT2D eigenvalue weighted by molar-refractivity contribution is 6.33. The van der Waals surface area contributed by atoms with Crippen LogP contribution < -0.4 is 16.0 Å². The van der Waals surface area contributed by atoms with Crippen LogP contribution in [0.3, 0.4) is 0 Å². The van der Waals surface area contributed by atoms with Crippen LogP contribution in [0, 0.1) is 17.2 Å². The number of hydrogen-bond donors (Lipinski definition) is 3. The average molecular weight is 513 g/mol. The molecule has 0 saturated carbocycles. The molecule has 198 valence electrons. The lowest BCUT2D eigenvalue weighted by Gasteiger charge is -2.47. The maximum absolute atomic E-state index is 13.8. The van der Waals surface area contributed by atoms with Gasteiger partial charge in [-0.3, -0.25) is 14.5 Å². The van der Waals surface area contributed by atoms with E-state index in [1.54, 1.807) is 0 Å². The smallest absolute Gasteiger partial charge is 0.241 e. The van der Waals surface area contributed by atoms with Crippen LogP contribution in [0.25, 0.3) is 0 Å². The second kappa shape index (κ2) is 12.0. The molecule has 1 saturated heterocycles. The van der Waals surface area contributed by atoms with E-state index in [1.165, 1.54) is 23.1 Å². The van der Waals surface area contributed by atoms with Gasteiger partial charge in [0.15, 0.2) is 0 Å². The van der Waals surface area contributed by atoms with Gasteiger partial charge in [0.05, 0.1) is 23.4 Å². The number of nitrogens with two attached hydrogens (primary N) is 1. The summed E-state index contributed by atoms with van der Waals surface area (Å²) < 4.78 is 13.8. The Morgan fingerprint density at radius 1 is 1.34 bits per heavy atom. The van der Waals surface area contributed by atoms with Crippen LogP contribution in [0.2, 0.25) is 5.02 Å². The normalized spacial score (nSPS) is 19.4. The Morgan fingerprint density at radius 2 is 2.00 bits per heavy atom. The van der Waals surface area contributed by atoms with Crippen LogP contribution in [0.5, 0.6) is 0 Å². The summed E-state index contributed by atoms with van der Waals surface area (Å²) in [5.41, 5.74) is 6.20. The van der Waals surface area contributed by atoms with E-state index in [9.17, 15) is 19.1 Å². The number of anilines is 1. The number of benzene rings is 1. The summed E-state index contributed by atoms with van der Waals surface area (Å²) in [6.07, 6.45) is 0.852. The highest BCUT2D eigenvalue weighted by Gasteiger charge is 2.40. The molecule has 0 bridgehead atoms. The fourth-order valence-corrected chi connectivity index (χ4v) is 4.52. The van der Waals surface area contributed by atoms with Gasteiger partial charge in [0.2, 0.25) is 11.8 Å². The SMILES string of the molecule is CCC[C@H](C[C@H](O)[C@@H](N)CN1CC(=O)N(c2cc(F)ccc2Cl)CC1(C)C)C(=O)NCC(C)(C)C. The molecule has 0 aliphatic carbocycles. The van der Waals surface area contributed by atoms with E-state index in [0.29, 0.717) is 30.2 Å². The summed E-state index contributed by atoms with van der Waals surface area (Å²) in [6, 6.07) is 3.32. The fourth-order valence-electron chi connectivity index (χ4n) is 4.31. The number of rotatable bonds is 10. The fraction of sp³-hybridized carbons (Fsp3) is 0.692. The molecule has 7 nitrogen and oxygen atoms in total. The van der Waals surface area contributed by atoms with E-state index in [-0.39, 0.29) is 42.7 Å². The molecule has 35 heavy (non-hydrogen) atoms. The zero-order chi connectivity index (χ0) is 26.6. The van der Waals surface area contributed by atoms with E-state index in [1.807, 2.05) is 25.7 Å². The third-order valence-corrected chi connectivity index (χ3v) is 6.80. The van der Waals surface area contributed by atoms with Crippen molar-refractivity contribution >= 4 is 29.1 Å². The Labute approximate surface area is 214 Å². The molecule has 1 fully saturated rings. The maximum atomic E-state index is 13.8. The highest BCUT2D eigenvalue weighted by Crippen LogP contribution is 2.32. The first-order chi connectivity index (χ1) is 16.1. The van der Waals surface area contributed by atoms with Crippen LogP contribution in [-0.4, -0.2) is 65.7 Å². The zero-order valence-corrected chi connectivity index (χ0v) is 22.7. The van der Waals surface area contributed by atoms with Gasteiger partial charge in [0.25, 0.3) is 0 Å². The first-order valence-electron chi connectivity index (χ1n) is 12.4. The minimum Gasteiger partial charge on any atom is -0.391 e. The largest absolute Gasteiger partial charge is 0.391 e. The van der Waals surface area contributed by atoms with Crippen molar-refractivity contribution in [3.05, 3.63) is 29.0 Å². The molecule has 9 heteroatoms. The lowest BCUT2D eigenvalue weighted by Crippen LogP contribution is -2.64. The molecule has 1 heterocycles. The highest BCUT2D eigenvalue weighted by atomic mass is 35.5. The van der Waals surface area contributed by atoms with Gasteiger partial charge in [-0.1, -0.05) is 45.7 Å². The van der Waals surface area contributed by atoms with Crippen molar-refractivity contribution in [2.24, 2.45) is 17.1 Å². The number of aliphatic hydroxyl groups excluding tert-OH is 1. The van der Waals surface area contributed by atoms with Gasteiger partial charge >= 0.3 is 0 Å². The van der Waals surface area contributed by atoms with E-state index >= 15 is 0 Å². The zero-order valence-electron chi connectivity index (χ0n) is 21.9. The van der Waals surface area contributed by atoms with Crippen LogP contribution >= 0.6 is 11.6 Å². The molecule has 0 spiro atoms. The average Bonchev–Trinajstić information content (AvgIpc) is 2.75. The van der Waals surface area contributed by atoms with Crippen molar-refractivity contribution in [1.82, 2.24) is 10.2 Å². The summed E-state index contributed by atoms with van der Waals surface area (Å²) in [5, 5.41) is 14.2. The summed E-state index contributed by atoms with van der Waals surface area (Å²) >= 11 is 6.24. The summed E-state index contributed by atoms with van der Waals surface area (Å²) in [7, 11) is 0. The monoisotopic (exact) mass is 512 g/mol. The third kappa shape index (κ3) is 8.41. The molecular weight excluding hydrogens is 471 g/mol. The van der Waals surface area contributed by atoms with Gasteiger partial charge in [-0.2, -0.15) is 0 Å². The molecule has 1 aromatic rings. The van der Waals surface area contributed by atoms with Gasteiger partial charge in [-0.25, -0.2) is 4.39 Å². The topological polar surface area (TPSA) is 98.9 Å². The van der Waals surface area contributed by atoms with Gasteiger partial charge in [0.1, 0.15) is 5.82 Å². The first kappa shape index (κ1) is 29.5. The Morgan fingerprint density at radius 3 is 2.60 bits per heavy atom. The molecule has 1 aromatic carbocycles. The van der Waals surface area contributed by atoms with Crippen molar-refractivity contribution in [3.63, 3.8) is 0 Å². The van der Waals surface area contributed by atoms with E-state index in [4.69, 9.17) is 17.3 Å². The molecule has 4 N–H and O–H groups in total. The van der Waals surface area contributed by atoms with Crippen molar-refractivity contribution in [2.75, 3.05) is 31.1 Å². The number of nitrogens with zero attached hydrogens (tertiary/aromatic N) is 2. The van der Waals surface area contributed by atoms with Crippen molar-refractivity contribution < 1.29 is 19.1 Å². The number of nitrogens with one attached hydrogen (secondary N) is 1. The van der Waals surface area contributed by atoms with E-state index in [2.05, 4.69) is 26.1 Å². The number of piperazine rings is 1. The molecule has 2 rings (SSSR count). The van der Waals surface area contributed by atoms with E-state index in [0.717, 1.165) is 6.42 Å². The molecule has 0 unspecified atom stereocenters. The molecule has 0 aromatic heterocycles.